The molecule has 1 amide bonds. The van der Waals surface area contributed by atoms with Gasteiger partial charge in [-0.25, -0.2) is 14.4 Å². The van der Waals surface area contributed by atoms with Crippen LogP contribution in [0.3, 0.4) is 0 Å². The molecule has 1 aliphatic heterocycles. The third kappa shape index (κ3) is 6.06. The Labute approximate surface area is 226 Å². The van der Waals surface area contributed by atoms with Crippen molar-refractivity contribution in [2.45, 2.75) is 6.42 Å². The monoisotopic (exact) mass is 538 g/mol. The predicted molar refractivity (Wildman–Crippen MR) is 149 cm³/mol. The number of amides is 1. The lowest BCUT2D eigenvalue weighted by molar-refractivity contribution is -0.111. The van der Waals surface area contributed by atoms with Gasteiger partial charge in [0.1, 0.15) is 23.7 Å². The minimum atomic E-state index is -0.499. The van der Waals surface area contributed by atoms with Gasteiger partial charge in [0.25, 0.3) is 0 Å². The number of carbonyl (C=O) groups is 1. The van der Waals surface area contributed by atoms with Crippen molar-refractivity contribution in [1.82, 2.24) is 19.8 Å². The SMILES string of the molecule is CN(C)CC=CC(=O)Nc1cc2c(Nc3ccc(F)c(Cl)c3)ncnc2cc1OCCC1C2CN(C)CC12. The van der Waals surface area contributed by atoms with Gasteiger partial charge in [-0.2, -0.15) is 0 Å². The molecule has 38 heavy (non-hydrogen) atoms. The number of nitrogens with zero attached hydrogens (tertiary/aromatic N) is 4. The van der Waals surface area contributed by atoms with Crippen LogP contribution in [0.15, 0.2) is 48.8 Å². The molecule has 8 nitrogen and oxygen atoms in total. The van der Waals surface area contributed by atoms with Gasteiger partial charge in [0.05, 0.1) is 22.8 Å². The molecule has 2 fully saturated rings. The number of hydrogen-bond donors (Lipinski definition) is 2. The molecule has 2 atom stereocenters. The molecule has 0 radical (unpaired) electrons. The van der Waals surface area contributed by atoms with Gasteiger partial charge < -0.3 is 25.2 Å². The van der Waals surface area contributed by atoms with Crippen LogP contribution in [0, 0.1) is 23.6 Å². The van der Waals surface area contributed by atoms with Gasteiger partial charge in [-0.1, -0.05) is 17.7 Å². The second kappa shape index (κ2) is 11.2. The number of likely N-dealkylation sites (tertiary alicyclic amines) is 1. The van der Waals surface area contributed by atoms with E-state index in [-0.39, 0.29) is 10.9 Å². The second-order valence-electron chi connectivity index (χ2n) is 10.3. The maximum atomic E-state index is 13.6. The van der Waals surface area contributed by atoms with E-state index in [0.717, 1.165) is 31.3 Å². The Morgan fingerprint density at radius 2 is 2.03 bits per heavy atom. The van der Waals surface area contributed by atoms with Crippen LogP contribution in [0.5, 0.6) is 5.75 Å². The molecule has 1 saturated carbocycles. The average Bonchev–Trinajstić information content (AvgIpc) is 3.32. The molecule has 2 heterocycles. The number of anilines is 3. The van der Waals surface area contributed by atoms with E-state index in [2.05, 4.69) is 32.5 Å². The van der Waals surface area contributed by atoms with E-state index < -0.39 is 5.82 Å². The Balaban J connectivity index is 1.38. The number of piperidine rings is 1. The molecule has 1 saturated heterocycles. The minimum Gasteiger partial charge on any atom is -0.491 e. The molecule has 2 aliphatic rings. The van der Waals surface area contributed by atoms with Crippen molar-refractivity contribution in [2.75, 3.05) is 58.0 Å². The van der Waals surface area contributed by atoms with Gasteiger partial charge in [-0.3, -0.25) is 4.79 Å². The maximum absolute atomic E-state index is 13.6. The lowest BCUT2D eigenvalue weighted by Crippen LogP contribution is -2.19. The zero-order chi connectivity index (χ0) is 26.8. The molecule has 5 rings (SSSR count). The highest BCUT2D eigenvalue weighted by Gasteiger charge is 2.53. The number of halogens is 2. The molecular formula is C28H32ClFN6O2. The van der Waals surface area contributed by atoms with E-state index in [4.69, 9.17) is 16.3 Å². The highest BCUT2D eigenvalue weighted by atomic mass is 35.5. The number of benzene rings is 2. The summed E-state index contributed by atoms with van der Waals surface area (Å²) in [7, 11) is 6.05. The smallest absolute Gasteiger partial charge is 0.248 e. The van der Waals surface area contributed by atoms with Crippen LogP contribution >= 0.6 is 11.6 Å². The first-order chi connectivity index (χ1) is 18.3. The standard InChI is InChI=1S/C28H32ClFN6O2/c1-35(2)9-4-5-27(37)34-25-12-19-24(13-26(25)38-10-8-18-20-14-36(3)15-21(18)20)31-16-32-28(19)33-17-6-7-23(30)22(29)11-17/h4-7,11-13,16,18,20-21H,8-10,14-15H2,1-3H3,(H,34,37)(H,31,32,33). The topological polar surface area (TPSA) is 82.6 Å². The number of rotatable bonds is 10. The summed E-state index contributed by atoms with van der Waals surface area (Å²) in [5.74, 6) is 2.57. The molecule has 2 N–H and O–H groups in total. The van der Waals surface area contributed by atoms with E-state index in [0.29, 0.717) is 52.9 Å². The first-order valence-electron chi connectivity index (χ1n) is 12.7. The summed E-state index contributed by atoms with van der Waals surface area (Å²) in [6.07, 6.45) is 5.74. The highest BCUT2D eigenvalue weighted by molar-refractivity contribution is 6.31. The van der Waals surface area contributed by atoms with E-state index in [1.54, 1.807) is 18.2 Å². The summed E-state index contributed by atoms with van der Waals surface area (Å²) in [4.78, 5) is 25.9. The zero-order valence-electron chi connectivity index (χ0n) is 21.7. The van der Waals surface area contributed by atoms with Crippen molar-refractivity contribution >= 4 is 45.6 Å². The van der Waals surface area contributed by atoms with Gasteiger partial charge in [0.2, 0.25) is 5.91 Å². The Kier molecular flexibility index (Phi) is 7.78. The normalized spacial score (nSPS) is 20.7. The van der Waals surface area contributed by atoms with Crippen molar-refractivity contribution in [2.24, 2.45) is 17.8 Å². The Bertz CT molecular complexity index is 1350. The van der Waals surface area contributed by atoms with Gasteiger partial charge in [-0.15, -0.1) is 0 Å². The van der Waals surface area contributed by atoms with E-state index in [9.17, 15) is 9.18 Å². The van der Waals surface area contributed by atoms with Crippen LogP contribution in [0.1, 0.15) is 6.42 Å². The summed E-state index contributed by atoms with van der Waals surface area (Å²) in [5, 5.41) is 6.81. The second-order valence-corrected chi connectivity index (χ2v) is 10.8. The predicted octanol–water partition coefficient (Wildman–Crippen LogP) is 4.80. The number of aromatic nitrogens is 2. The van der Waals surface area contributed by atoms with Gasteiger partial charge >= 0.3 is 0 Å². The van der Waals surface area contributed by atoms with Crippen LogP contribution in [0.4, 0.5) is 21.6 Å². The quantitative estimate of drug-likeness (QED) is 0.359. The summed E-state index contributed by atoms with van der Waals surface area (Å²) < 4.78 is 19.8. The van der Waals surface area contributed by atoms with Crippen LogP contribution in [-0.2, 0) is 4.79 Å². The van der Waals surface area contributed by atoms with E-state index >= 15 is 0 Å². The van der Waals surface area contributed by atoms with Crippen molar-refractivity contribution in [3.63, 3.8) is 0 Å². The third-order valence-corrected chi connectivity index (χ3v) is 7.47. The lowest BCUT2D eigenvalue weighted by Gasteiger charge is -2.16. The summed E-state index contributed by atoms with van der Waals surface area (Å²) in [5.41, 5.74) is 1.76. The maximum Gasteiger partial charge on any atom is 0.248 e. The number of ether oxygens (including phenoxy) is 1. The fourth-order valence-electron chi connectivity index (χ4n) is 5.25. The van der Waals surface area contributed by atoms with Crippen LogP contribution in [0.25, 0.3) is 10.9 Å². The number of fused-ring (bicyclic) bond motifs is 2. The van der Waals surface area contributed by atoms with E-state index in [1.807, 2.05) is 25.1 Å². The lowest BCUT2D eigenvalue weighted by atomic mass is 10.1. The largest absolute Gasteiger partial charge is 0.491 e. The van der Waals surface area contributed by atoms with Gasteiger partial charge in [-0.05, 0) is 69.6 Å². The van der Waals surface area contributed by atoms with Gasteiger partial charge in [0.15, 0.2) is 0 Å². The van der Waals surface area contributed by atoms with E-state index in [1.165, 1.54) is 24.5 Å². The van der Waals surface area contributed by atoms with Crippen LogP contribution < -0.4 is 15.4 Å². The summed E-state index contributed by atoms with van der Waals surface area (Å²) >= 11 is 5.95. The number of hydrogen-bond acceptors (Lipinski definition) is 7. The fourth-order valence-corrected chi connectivity index (χ4v) is 5.43. The molecule has 2 aromatic carbocycles. The summed E-state index contributed by atoms with van der Waals surface area (Å²) in [6, 6.07) is 7.98. The molecule has 3 aromatic rings. The number of likely N-dealkylation sites (N-methyl/N-ethyl adjacent to an activating group) is 1. The van der Waals surface area contributed by atoms with Crippen molar-refractivity contribution in [1.29, 1.82) is 0 Å². The van der Waals surface area contributed by atoms with Crippen molar-refractivity contribution in [3.8, 4) is 5.75 Å². The molecule has 2 unspecified atom stereocenters. The minimum absolute atomic E-state index is 0.00737. The first-order valence-corrected chi connectivity index (χ1v) is 13.1. The van der Waals surface area contributed by atoms with Crippen molar-refractivity contribution in [3.05, 3.63) is 59.7 Å². The first kappa shape index (κ1) is 26.3. The molecule has 200 valence electrons. The molecule has 1 aliphatic carbocycles. The van der Waals surface area contributed by atoms with Crippen LogP contribution in [0.2, 0.25) is 5.02 Å². The average molecular weight is 539 g/mol. The number of nitrogens with one attached hydrogen (secondary N) is 2. The van der Waals surface area contributed by atoms with Gasteiger partial charge in [0, 0.05) is 42.9 Å². The zero-order valence-corrected chi connectivity index (χ0v) is 22.5. The third-order valence-electron chi connectivity index (χ3n) is 7.18. The molecule has 0 spiro atoms. The Morgan fingerprint density at radius 3 is 2.76 bits per heavy atom. The number of carbonyl (C=O) groups excluding carboxylic acids is 1. The fraction of sp³-hybridized carbons (Fsp3) is 0.393. The van der Waals surface area contributed by atoms with Crippen LogP contribution in [-0.4, -0.2) is 73.1 Å². The molecule has 0 bridgehead atoms. The molecule has 1 aromatic heterocycles. The Hall–Kier alpha value is -3.27. The Morgan fingerprint density at radius 1 is 1.24 bits per heavy atom. The molecule has 10 heteroatoms. The highest BCUT2D eigenvalue weighted by Crippen LogP contribution is 2.53. The summed E-state index contributed by atoms with van der Waals surface area (Å²) in [6.45, 7) is 3.54. The molecular weight excluding hydrogens is 507 g/mol. The van der Waals surface area contributed by atoms with Crippen molar-refractivity contribution < 1.29 is 13.9 Å².